The molecule has 7 nitrogen and oxygen atoms in total. The fourth-order valence-corrected chi connectivity index (χ4v) is 3.85. The zero-order valence-electron chi connectivity index (χ0n) is 16.6. The van der Waals surface area contributed by atoms with Crippen molar-refractivity contribution in [2.75, 3.05) is 37.4 Å². The van der Waals surface area contributed by atoms with Gasteiger partial charge in [-0.25, -0.2) is 9.97 Å². The first-order valence-electron chi connectivity index (χ1n) is 9.62. The number of nitrogens with one attached hydrogen (secondary N) is 1. The number of anilines is 2. The number of furan rings is 1. The number of likely N-dealkylation sites (N-methyl/N-ethyl adjacent to an activating group) is 1. The molecule has 1 saturated heterocycles. The van der Waals surface area contributed by atoms with Crippen LogP contribution in [0.3, 0.4) is 0 Å². The van der Waals surface area contributed by atoms with Crippen molar-refractivity contribution in [2.45, 2.75) is 32.0 Å². The number of aromatic nitrogens is 2. The molecule has 148 valence electrons. The lowest BCUT2D eigenvalue weighted by Crippen LogP contribution is -2.38. The van der Waals surface area contributed by atoms with Crippen LogP contribution < -0.4 is 10.2 Å². The van der Waals surface area contributed by atoms with Gasteiger partial charge in [-0.15, -0.1) is 0 Å². The van der Waals surface area contributed by atoms with Crippen molar-refractivity contribution in [3.63, 3.8) is 0 Å². The van der Waals surface area contributed by atoms with Crippen LogP contribution in [0.1, 0.15) is 17.7 Å². The molecule has 1 aliphatic heterocycles. The van der Waals surface area contributed by atoms with Gasteiger partial charge in [0.25, 0.3) is 0 Å². The molecule has 0 aliphatic carbocycles. The van der Waals surface area contributed by atoms with Crippen LogP contribution in [0.15, 0.2) is 41.1 Å². The first-order chi connectivity index (χ1) is 13.5. The zero-order valence-corrected chi connectivity index (χ0v) is 16.6. The summed E-state index contributed by atoms with van der Waals surface area (Å²) in [5, 5.41) is 14.6. The summed E-state index contributed by atoms with van der Waals surface area (Å²) >= 11 is 0. The third-order valence-electron chi connectivity index (χ3n) is 5.08. The Morgan fingerprint density at radius 3 is 2.93 bits per heavy atom. The summed E-state index contributed by atoms with van der Waals surface area (Å²) in [6.45, 7) is 4.10. The quantitative estimate of drug-likeness (QED) is 0.680. The van der Waals surface area contributed by atoms with Gasteiger partial charge in [-0.05, 0) is 45.6 Å². The second-order valence-electron chi connectivity index (χ2n) is 7.83. The van der Waals surface area contributed by atoms with Crippen LogP contribution in [0.2, 0.25) is 0 Å². The number of nitrogens with zero attached hydrogens (tertiary/aromatic N) is 4. The number of fused-ring (bicyclic) bond motifs is 1. The molecule has 7 heteroatoms. The van der Waals surface area contributed by atoms with E-state index >= 15 is 0 Å². The molecule has 4 rings (SSSR count). The number of hydrogen-bond donors (Lipinski definition) is 2. The standard InChI is InChI=1S/C21H27N5O2/c1-14-4-5-19-15(6-14)7-18(28-19)10-22-20-9-21(24-13-23-20)26-12-17(27)8-16(26)11-25(2)3/h4-7,9,13,16-17,27H,8,10-12H2,1-3H3,(H,22,23,24)/t16-,17-/m1/s1. The Balaban J connectivity index is 1.47. The van der Waals surface area contributed by atoms with E-state index in [1.54, 1.807) is 6.33 Å². The van der Waals surface area contributed by atoms with E-state index in [0.717, 1.165) is 41.3 Å². The maximum atomic E-state index is 10.1. The number of hydrogen-bond acceptors (Lipinski definition) is 7. The van der Waals surface area contributed by atoms with Gasteiger partial charge in [0.1, 0.15) is 29.3 Å². The van der Waals surface area contributed by atoms with E-state index in [9.17, 15) is 5.11 Å². The van der Waals surface area contributed by atoms with Crippen LogP contribution in [-0.2, 0) is 6.54 Å². The lowest BCUT2D eigenvalue weighted by molar-refractivity contribution is 0.191. The van der Waals surface area contributed by atoms with Crippen LogP contribution >= 0.6 is 0 Å². The molecule has 2 aromatic heterocycles. The van der Waals surface area contributed by atoms with E-state index in [-0.39, 0.29) is 12.1 Å². The van der Waals surface area contributed by atoms with Crippen molar-refractivity contribution in [3.05, 3.63) is 48.0 Å². The zero-order chi connectivity index (χ0) is 19.7. The number of β-amino-alcohol motifs (C(OH)–C–C–N with tert-alkyl or cyclic N) is 1. The third kappa shape index (κ3) is 4.10. The molecule has 0 amide bonds. The van der Waals surface area contributed by atoms with Crippen molar-refractivity contribution >= 4 is 22.6 Å². The van der Waals surface area contributed by atoms with E-state index in [2.05, 4.69) is 44.1 Å². The molecule has 0 unspecified atom stereocenters. The molecule has 0 radical (unpaired) electrons. The van der Waals surface area contributed by atoms with Crippen LogP contribution in [0.4, 0.5) is 11.6 Å². The molecule has 0 bridgehead atoms. The van der Waals surface area contributed by atoms with Gasteiger partial charge in [0.15, 0.2) is 0 Å². The highest BCUT2D eigenvalue weighted by Crippen LogP contribution is 2.26. The molecule has 3 heterocycles. The van der Waals surface area contributed by atoms with Gasteiger partial charge in [-0.2, -0.15) is 0 Å². The van der Waals surface area contributed by atoms with Crippen LogP contribution in [-0.4, -0.2) is 59.3 Å². The van der Waals surface area contributed by atoms with Crippen molar-refractivity contribution in [2.24, 2.45) is 0 Å². The summed E-state index contributed by atoms with van der Waals surface area (Å²) < 4.78 is 5.89. The van der Waals surface area contributed by atoms with Gasteiger partial charge in [-0.3, -0.25) is 0 Å². The van der Waals surface area contributed by atoms with Gasteiger partial charge >= 0.3 is 0 Å². The number of benzene rings is 1. The minimum atomic E-state index is -0.324. The van der Waals surface area contributed by atoms with Crippen molar-refractivity contribution in [3.8, 4) is 0 Å². The van der Waals surface area contributed by atoms with Gasteiger partial charge < -0.3 is 24.6 Å². The second-order valence-corrected chi connectivity index (χ2v) is 7.83. The van der Waals surface area contributed by atoms with Gasteiger partial charge in [0, 0.05) is 30.6 Å². The Morgan fingerprint density at radius 2 is 2.11 bits per heavy atom. The Kier molecular flexibility index (Phi) is 5.19. The predicted molar refractivity (Wildman–Crippen MR) is 111 cm³/mol. The Labute approximate surface area is 165 Å². The van der Waals surface area contributed by atoms with Crippen molar-refractivity contribution in [1.82, 2.24) is 14.9 Å². The van der Waals surface area contributed by atoms with E-state index in [1.807, 2.05) is 32.3 Å². The maximum absolute atomic E-state index is 10.1. The summed E-state index contributed by atoms with van der Waals surface area (Å²) in [4.78, 5) is 13.1. The molecule has 2 N–H and O–H groups in total. The third-order valence-corrected chi connectivity index (χ3v) is 5.08. The van der Waals surface area contributed by atoms with Crippen molar-refractivity contribution < 1.29 is 9.52 Å². The molecule has 1 fully saturated rings. The smallest absolute Gasteiger partial charge is 0.134 e. The molecular weight excluding hydrogens is 354 g/mol. The predicted octanol–water partition coefficient (Wildman–Crippen LogP) is 2.64. The maximum Gasteiger partial charge on any atom is 0.134 e. The second kappa shape index (κ2) is 7.77. The molecule has 1 aromatic carbocycles. The first-order valence-corrected chi connectivity index (χ1v) is 9.62. The highest BCUT2D eigenvalue weighted by Gasteiger charge is 2.32. The van der Waals surface area contributed by atoms with E-state index in [1.165, 1.54) is 5.56 Å². The Bertz CT molecular complexity index is 955. The van der Waals surface area contributed by atoms with Crippen LogP contribution in [0.5, 0.6) is 0 Å². The summed E-state index contributed by atoms with van der Waals surface area (Å²) in [6, 6.07) is 10.4. The highest BCUT2D eigenvalue weighted by atomic mass is 16.3. The van der Waals surface area contributed by atoms with Gasteiger partial charge in [-0.1, -0.05) is 11.6 Å². The monoisotopic (exact) mass is 381 g/mol. The van der Waals surface area contributed by atoms with Crippen LogP contribution in [0.25, 0.3) is 11.0 Å². The van der Waals surface area contributed by atoms with E-state index in [0.29, 0.717) is 13.1 Å². The number of aliphatic hydroxyl groups is 1. The fourth-order valence-electron chi connectivity index (χ4n) is 3.85. The Hall–Kier alpha value is -2.64. The largest absolute Gasteiger partial charge is 0.459 e. The number of aryl methyl sites for hydroxylation is 1. The number of aliphatic hydroxyl groups excluding tert-OH is 1. The lowest BCUT2D eigenvalue weighted by atomic mass is 10.2. The highest BCUT2D eigenvalue weighted by molar-refractivity contribution is 5.78. The fraction of sp³-hybridized carbons (Fsp3) is 0.429. The molecule has 3 aromatic rings. The summed E-state index contributed by atoms with van der Waals surface area (Å²) in [5.74, 6) is 2.44. The van der Waals surface area contributed by atoms with E-state index in [4.69, 9.17) is 4.42 Å². The molecule has 1 aliphatic rings. The average Bonchev–Trinajstić information content (AvgIpc) is 3.22. The SMILES string of the molecule is Cc1ccc2oc(CNc3cc(N4C[C@H](O)C[C@@H]4CN(C)C)ncn3)cc2c1. The summed E-state index contributed by atoms with van der Waals surface area (Å²) in [7, 11) is 4.09. The molecular formula is C21H27N5O2. The van der Waals surface area contributed by atoms with Crippen LogP contribution in [0, 0.1) is 6.92 Å². The van der Waals surface area contributed by atoms with Gasteiger partial charge in [0.2, 0.25) is 0 Å². The molecule has 0 spiro atoms. The Morgan fingerprint density at radius 1 is 1.25 bits per heavy atom. The minimum absolute atomic E-state index is 0.242. The topological polar surface area (TPSA) is 77.7 Å². The van der Waals surface area contributed by atoms with Gasteiger partial charge in [0.05, 0.1) is 12.6 Å². The normalized spacial score (nSPS) is 19.7. The summed E-state index contributed by atoms with van der Waals surface area (Å²) in [6.07, 6.45) is 2.00. The lowest BCUT2D eigenvalue weighted by Gasteiger charge is -2.27. The summed E-state index contributed by atoms with van der Waals surface area (Å²) in [5.41, 5.74) is 2.11. The molecule has 2 atom stereocenters. The molecule has 0 saturated carbocycles. The average molecular weight is 381 g/mol. The minimum Gasteiger partial charge on any atom is -0.459 e. The molecule has 28 heavy (non-hydrogen) atoms. The van der Waals surface area contributed by atoms with Crippen molar-refractivity contribution in [1.29, 1.82) is 0 Å². The first kappa shape index (κ1) is 18.7. The number of rotatable bonds is 6. The van der Waals surface area contributed by atoms with E-state index < -0.39 is 0 Å².